The number of carbonyl (C=O) groups excluding carboxylic acids is 3. The van der Waals surface area contributed by atoms with Crippen molar-refractivity contribution in [2.45, 2.75) is 114 Å². The Morgan fingerprint density at radius 3 is 2.09 bits per heavy atom. The molecule has 7 nitrogen and oxygen atoms in total. The van der Waals surface area contributed by atoms with Crippen LogP contribution in [0.5, 0.6) is 0 Å². The van der Waals surface area contributed by atoms with E-state index in [0.29, 0.717) is 0 Å². The number of fused-ring (bicyclic) bond motifs is 1. The number of hydrogen-bond acceptors (Lipinski definition) is 4. The molecule has 0 unspecified atom stereocenters. The Morgan fingerprint density at radius 2 is 1.53 bits per heavy atom. The van der Waals surface area contributed by atoms with E-state index in [4.69, 9.17) is 4.74 Å². The van der Waals surface area contributed by atoms with Gasteiger partial charge in [0.2, 0.25) is 17.7 Å². The van der Waals surface area contributed by atoms with Crippen LogP contribution in [0, 0.1) is 11.8 Å². The van der Waals surface area contributed by atoms with E-state index in [9.17, 15) is 14.4 Å². The molecule has 2 N–H and O–H groups in total. The van der Waals surface area contributed by atoms with E-state index in [0.717, 1.165) is 51.4 Å². The summed E-state index contributed by atoms with van der Waals surface area (Å²) in [7, 11) is 0. The fraction of sp³-hybridized carbons (Fsp3) is 0.800. The van der Waals surface area contributed by atoms with Crippen LogP contribution in [0.4, 0.5) is 0 Å². The summed E-state index contributed by atoms with van der Waals surface area (Å²) in [5.74, 6) is -1.56. The van der Waals surface area contributed by atoms with Crippen LogP contribution in [0.3, 0.4) is 0 Å². The number of nitrogens with zero attached hydrogens (tertiary/aromatic N) is 1. The number of rotatable bonds is 5. The van der Waals surface area contributed by atoms with Crippen molar-refractivity contribution < 1.29 is 19.1 Å². The first-order valence-electron chi connectivity index (χ1n) is 12.7. The van der Waals surface area contributed by atoms with E-state index >= 15 is 0 Å². The second-order valence-corrected chi connectivity index (χ2v) is 10.7. The van der Waals surface area contributed by atoms with Crippen LogP contribution in [0.15, 0.2) is 12.2 Å². The largest absolute Gasteiger partial charge is 0.359 e. The zero-order valence-electron chi connectivity index (χ0n) is 19.3. The van der Waals surface area contributed by atoms with Gasteiger partial charge < -0.3 is 20.3 Å². The molecule has 3 aliphatic heterocycles. The molecule has 5 aliphatic rings. The molecule has 0 aromatic heterocycles. The number of carbonyl (C=O) groups is 3. The highest BCUT2D eigenvalue weighted by Crippen LogP contribution is 2.55. The van der Waals surface area contributed by atoms with Crippen LogP contribution >= 0.6 is 0 Å². The lowest BCUT2D eigenvalue weighted by Crippen LogP contribution is -2.57. The second kappa shape index (κ2) is 8.47. The molecule has 2 aliphatic carbocycles. The summed E-state index contributed by atoms with van der Waals surface area (Å²) in [5.41, 5.74) is -1.04. The van der Waals surface area contributed by atoms with Gasteiger partial charge in [0.05, 0.1) is 17.9 Å². The Kier molecular flexibility index (Phi) is 5.81. The third kappa shape index (κ3) is 3.47. The molecule has 2 saturated heterocycles. The molecule has 5 rings (SSSR count). The molecule has 3 heterocycles. The van der Waals surface area contributed by atoms with E-state index in [2.05, 4.69) is 10.6 Å². The molecule has 3 amide bonds. The summed E-state index contributed by atoms with van der Waals surface area (Å²) in [6.45, 7) is 3.87. The van der Waals surface area contributed by atoms with E-state index in [1.165, 1.54) is 12.8 Å². The minimum atomic E-state index is -1.04. The van der Waals surface area contributed by atoms with Crippen molar-refractivity contribution in [3.8, 4) is 0 Å². The van der Waals surface area contributed by atoms with Gasteiger partial charge in [-0.05, 0) is 39.5 Å². The normalized spacial score (nSPS) is 37.2. The SMILES string of the molecule is CC(C)N1C(=O)[C@@H]2[C@@H](C(=O)NC3CCCCC3)[C@H]3C=C[C@@]2(O3)[C@@H]1C(=O)NC1CCCCC1. The van der Waals surface area contributed by atoms with Gasteiger partial charge in [0.15, 0.2) is 0 Å². The van der Waals surface area contributed by atoms with Gasteiger partial charge in [-0.25, -0.2) is 0 Å². The van der Waals surface area contributed by atoms with Gasteiger partial charge in [-0.15, -0.1) is 0 Å². The molecule has 176 valence electrons. The Balaban J connectivity index is 1.40. The maximum Gasteiger partial charge on any atom is 0.246 e. The number of hydrogen-bond donors (Lipinski definition) is 2. The van der Waals surface area contributed by atoms with Crippen molar-refractivity contribution >= 4 is 17.7 Å². The summed E-state index contributed by atoms with van der Waals surface area (Å²) in [6.07, 6.45) is 14.3. The zero-order chi connectivity index (χ0) is 22.5. The van der Waals surface area contributed by atoms with E-state index in [1.54, 1.807) is 4.90 Å². The lowest BCUT2D eigenvalue weighted by molar-refractivity contribution is -0.144. The van der Waals surface area contributed by atoms with Gasteiger partial charge in [0.1, 0.15) is 11.6 Å². The van der Waals surface area contributed by atoms with Crippen LogP contribution in [0.2, 0.25) is 0 Å². The highest BCUT2D eigenvalue weighted by molar-refractivity contribution is 6.00. The topological polar surface area (TPSA) is 87.7 Å². The summed E-state index contributed by atoms with van der Waals surface area (Å²) in [6, 6.07) is -0.541. The Bertz CT molecular complexity index is 799. The summed E-state index contributed by atoms with van der Waals surface area (Å²) in [4.78, 5) is 42.3. The monoisotopic (exact) mass is 443 g/mol. The zero-order valence-corrected chi connectivity index (χ0v) is 19.3. The van der Waals surface area contributed by atoms with Gasteiger partial charge in [0, 0.05) is 18.1 Å². The molecule has 0 radical (unpaired) electrons. The summed E-state index contributed by atoms with van der Waals surface area (Å²) < 4.78 is 6.39. The first kappa shape index (κ1) is 21.9. The minimum absolute atomic E-state index is 0.0940. The molecule has 4 fully saturated rings. The lowest BCUT2D eigenvalue weighted by Gasteiger charge is -2.35. The van der Waals surface area contributed by atoms with Crippen LogP contribution in [-0.4, -0.2) is 58.5 Å². The molecule has 0 aromatic carbocycles. The van der Waals surface area contributed by atoms with Crippen LogP contribution in [0.1, 0.15) is 78.1 Å². The van der Waals surface area contributed by atoms with Crippen molar-refractivity contribution in [2.75, 3.05) is 0 Å². The Morgan fingerprint density at radius 1 is 0.969 bits per heavy atom. The molecular weight excluding hydrogens is 406 g/mol. The number of nitrogens with one attached hydrogen (secondary N) is 2. The summed E-state index contributed by atoms with van der Waals surface area (Å²) in [5, 5.41) is 6.42. The molecule has 0 aromatic rings. The quantitative estimate of drug-likeness (QED) is 0.639. The second-order valence-electron chi connectivity index (χ2n) is 10.7. The van der Waals surface area contributed by atoms with E-state index in [-0.39, 0.29) is 35.8 Å². The maximum atomic E-state index is 13.7. The van der Waals surface area contributed by atoms with Crippen molar-refractivity contribution in [1.29, 1.82) is 0 Å². The average molecular weight is 444 g/mol. The van der Waals surface area contributed by atoms with Gasteiger partial charge in [-0.2, -0.15) is 0 Å². The molecule has 5 atom stereocenters. The molecular formula is C25H37N3O4. The fourth-order valence-corrected chi connectivity index (χ4v) is 6.83. The molecule has 32 heavy (non-hydrogen) atoms. The van der Waals surface area contributed by atoms with Crippen LogP contribution < -0.4 is 10.6 Å². The van der Waals surface area contributed by atoms with E-state index < -0.39 is 29.6 Å². The number of amides is 3. The van der Waals surface area contributed by atoms with E-state index in [1.807, 2.05) is 26.0 Å². The van der Waals surface area contributed by atoms with Crippen molar-refractivity contribution in [3.63, 3.8) is 0 Å². The lowest BCUT2D eigenvalue weighted by atomic mass is 9.74. The molecule has 7 heteroatoms. The standard InChI is InChI=1S/C25H37N3O4/c1-15(2)28-21(23(30)27-17-11-7-4-8-12-17)25-14-13-18(32-25)19(20(25)24(28)31)22(29)26-16-9-5-3-6-10-16/h13-21H,3-12H2,1-2H3,(H,26,29)(H,27,30)/t18-,19+,20+,21+,25+/m1/s1. The van der Waals surface area contributed by atoms with Crippen molar-refractivity contribution in [3.05, 3.63) is 12.2 Å². The third-order valence-electron chi connectivity index (χ3n) is 8.32. The summed E-state index contributed by atoms with van der Waals surface area (Å²) >= 11 is 0. The van der Waals surface area contributed by atoms with Crippen LogP contribution in [-0.2, 0) is 19.1 Å². The molecule has 1 spiro atoms. The van der Waals surface area contributed by atoms with Crippen LogP contribution in [0.25, 0.3) is 0 Å². The first-order chi connectivity index (χ1) is 15.4. The fourth-order valence-electron chi connectivity index (χ4n) is 6.83. The maximum absolute atomic E-state index is 13.7. The predicted molar refractivity (Wildman–Crippen MR) is 120 cm³/mol. The van der Waals surface area contributed by atoms with Gasteiger partial charge in [-0.3, -0.25) is 14.4 Å². The molecule has 2 saturated carbocycles. The van der Waals surface area contributed by atoms with Crippen molar-refractivity contribution in [1.82, 2.24) is 15.5 Å². The van der Waals surface area contributed by atoms with Gasteiger partial charge in [-0.1, -0.05) is 50.7 Å². The van der Waals surface area contributed by atoms with Gasteiger partial charge >= 0.3 is 0 Å². The Hall–Kier alpha value is -1.89. The Labute approximate surface area is 190 Å². The van der Waals surface area contributed by atoms with Crippen molar-refractivity contribution in [2.24, 2.45) is 11.8 Å². The van der Waals surface area contributed by atoms with Gasteiger partial charge in [0.25, 0.3) is 0 Å². The third-order valence-corrected chi connectivity index (χ3v) is 8.32. The predicted octanol–water partition coefficient (Wildman–Crippen LogP) is 2.44. The number of likely N-dealkylation sites (tertiary alicyclic amines) is 1. The highest BCUT2D eigenvalue weighted by Gasteiger charge is 2.73. The minimum Gasteiger partial charge on any atom is -0.359 e. The number of ether oxygens (including phenoxy) is 1. The first-order valence-corrected chi connectivity index (χ1v) is 12.7. The molecule has 2 bridgehead atoms. The smallest absolute Gasteiger partial charge is 0.246 e. The highest BCUT2D eigenvalue weighted by atomic mass is 16.5. The average Bonchev–Trinajstić information content (AvgIpc) is 3.42.